The Morgan fingerprint density at radius 1 is 0.469 bits per heavy atom. The molecule has 0 heterocycles. The molecule has 193 valence electrons. The third kappa shape index (κ3) is 9.78. The van der Waals surface area contributed by atoms with Crippen LogP contribution < -0.4 is 0 Å². The molecule has 0 aromatic carbocycles. The first kappa shape index (κ1) is 33.4. The van der Waals surface area contributed by atoms with Crippen LogP contribution in [0.2, 0.25) is 0 Å². The fourth-order valence-corrected chi connectivity index (χ4v) is 16.7. The summed E-state index contributed by atoms with van der Waals surface area (Å²) >= 11 is 0. The fraction of sp³-hybridized carbons (Fsp3) is 0.897. The monoisotopic (exact) mass is 526 g/mol. The molecule has 0 nitrogen and oxygen atoms in total. The Labute approximate surface area is 217 Å². The molecule has 0 atom stereocenters. The number of hydrogen-bond acceptors (Lipinski definition) is 0. The molecule has 32 heavy (non-hydrogen) atoms. The van der Waals surface area contributed by atoms with Gasteiger partial charge in [0.2, 0.25) is 0 Å². The first-order chi connectivity index (χ1) is 13.9. The van der Waals surface area contributed by atoms with Gasteiger partial charge in [-0.3, -0.25) is 0 Å². The van der Waals surface area contributed by atoms with E-state index in [-0.39, 0.29) is 46.7 Å². The van der Waals surface area contributed by atoms with Crippen molar-refractivity contribution in [2.45, 2.75) is 151 Å². The van der Waals surface area contributed by atoms with Crippen LogP contribution in [0.25, 0.3) is 0 Å². The van der Waals surface area contributed by atoms with Crippen molar-refractivity contribution in [2.75, 3.05) is 12.3 Å². The second-order valence-electron chi connectivity index (χ2n) is 10.8. The minimum Gasteiger partial charge on any atom is -0.358 e. The van der Waals surface area contributed by atoms with E-state index in [0.29, 0.717) is 7.92 Å². The smallest absolute Gasteiger partial charge is 0.358 e. The van der Waals surface area contributed by atoms with Crippen molar-refractivity contribution < 1.29 is 16.5 Å². The van der Waals surface area contributed by atoms with E-state index in [9.17, 15) is 0 Å². The van der Waals surface area contributed by atoms with Crippen molar-refractivity contribution in [3.63, 3.8) is 0 Å². The Morgan fingerprint density at radius 2 is 0.781 bits per heavy atom. The van der Waals surface area contributed by atoms with Crippen molar-refractivity contribution in [1.82, 2.24) is 0 Å². The molecule has 0 unspecified atom stereocenters. The van der Waals surface area contributed by atoms with Crippen molar-refractivity contribution in [1.29, 1.82) is 0 Å². The average Bonchev–Trinajstić information content (AvgIpc) is 2.79. The van der Waals surface area contributed by atoms with Gasteiger partial charge in [0.25, 0.3) is 0 Å². The van der Waals surface area contributed by atoms with Crippen LogP contribution in [0.3, 0.4) is 0 Å². The summed E-state index contributed by atoms with van der Waals surface area (Å²) in [7, 11) is 0.254. The molecule has 0 saturated heterocycles. The molecule has 0 aliphatic heterocycles. The van der Waals surface area contributed by atoms with Crippen molar-refractivity contribution >= 4 is 15.8 Å². The SMILES string of the molecule is C1CCC(P(CC[PH+](C2CCCCC2)C2CCCCC2)C2CCCCC2)CC1.[CH3-].[CH3-].[CH3-].[Ni+3]. The van der Waals surface area contributed by atoms with Crippen LogP contribution in [0.4, 0.5) is 0 Å². The Bertz CT molecular complexity index is 343. The molecule has 4 rings (SSSR count). The van der Waals surface area contributed by atoms with Crippen LogP contribution >= 0.6 is 15.8 Å². The van der Waals surface area contributed by atoms with Crippen LogP contribution in [0, 0.1) is 22.3 Å². The van der Waals surface area contributed by atoms with Gasteiger partial charge >= 0.3 is 16.5 Å². The zero-order valence-electron chi connectivity index (χ0n) is 22.1. The summed E-state index contributed by atoms with van der Waals surface area (Å²) < 4.78 is 0. The molecule has 4 fully saturated rings. The van der Waals surface area contributed by atoms with Gasteiger partial charge < -0.3 is 22.3 Å². The average molecular weight is 527 g/mol. The molecule has 0 aromatic rings. The van der Waals surface area contributed by atoms with Crippen LogP contribution in [0.5, 0.6) is 0 Å². The van der Waals surface area contributed by atoms with Gasteiger partial charge in [0, 0.05) is 14.1 Å². The maximum Gasteiger partial charge on any atom is 3.00 e. The van der Waals surface area contributed by atoms with Crippen LogP contribution in [0.1, 0.15) is 128 Å². The van der Waals surface area contributed by atoms with E-state index in [0.717, 1.165) is 0 Å². The Hall–Kier alpha value is 1.35. The van der Waals surface area contributed by atoms with Crippen molar-refractivity contribution in [3.05, 3.63) is 22.3 Å². The summed E-state index contributed by atoms with van der Waals surface area (Å²) in [6.45, 7) is 0. The predicted octanol–water partition coefficient (Wildman–Crippen LogP) is 10.4. The summed E-state index contributed by atoms with van der Waals surface area (Å²) in [4.78, 5) is 0. The first-order valence-electron chi connectivity index (χ1n) is 13.5. The Balaban J connectivity index is 0.00000240. The maximum absolute atomic E-state index is 1.75. The minimum absolute atomic E-state index is 0. The van der Waals surface area contributed by atoms with E-state index < -0.39 is 0 Å². The minimum atomic E-state index is -0.100. The molecule has 3 heteroatoms. The summed E-state index contributed by atoms with van der Waals surface area (Å²) in [5.74, 6) is 0. The second-order valence-corrected chi connectivity index (χ2v) is 17.0. The fourth-order valence-electron chi connectivity index (χ4n) is 7.44. The topological polar surface area (TPSA) is 0 Å². The van der Waals surface area contributed by atoms with Crippen LogP contribution in [-0.2, 0) is 16.5 Å². The number of rotatable bonds is 7. The van der Waals surface area contributed by atoms with Gasteiger partial charge in [-0.15, -0.1) is 0 Å². The van der Waals surface area contributed by atoms with Gasteiger partial charge in [-0.1, -0.05) is 59.3 Å². The first-order valence-corrected chi connectivity index (χ1v) is 17.1. The molecule has 0 bridgehead atoms. The van der Waals surface area contributed by atoms with Gasteiger partial charge in [-0.2, -0.15) is 0 Å². The molecule has 4 aliphatic carbocycles. The largest absolute Gasteiger partial charge is 3.00 e. The molecule has 0 aromatic heterocycles. The molecule has 4 saturated carbocycles. The zero-order chi connectivity index (χ0) is 19.0. The molecule has 1 radical (unpaired) electrons. The van der Waals surface area contributed by atoms with Gasteiger partial charge in [0.05, 0.1) is 17.5 Å². The third-order valence-electron chi connectivity index (χ3n) is 9.01. The summed E-state index contributed by atoms with van der Waals surface area (Å²) in [6, 6.07) is 0. The van der Waals surface area contributed by atoms with Crippen LogP contribution in [-0.4, -0.2) is 35.0 Å². The molecule has 0 spiro atoms. The van der Waals surface area contributed by atoms with Gasteiger partial charge in [-0.25, -0.2) is 0 Å². The van der Waals surface area contributed by atoms with Crippen molar-refractivity contribution in [2.24, 2.45) is 0 Å². The van der Waals surface area contributed by atoms with Gasteiger partial charge in [0.15, 0.2) is 0 Å². The normalized spacial score (nSPS) is 24.2. The Kier molecular flexibility index (Phi) is 19.4. The second kappa shape index (κ2) is 18.6. The van der Waals surface area contributed by atoms with E-state index in [1.165, 1.54) is 22.6 Å². The quantitative estimate of drug-likeness (QED) is 0.176. The zero-order valence-corrected chi connectivity index (χ0v) is 25.0. The van der Waals surface area contributed by atoms with E-state index >= 15 is 0 Å². The standard InChI is InChI=1S/C26H48P2.3CH3.Ni/c1-5-13-23(14-6-1)27(24-15-7-2-8-16-24)21-22-28(25-17-9-3-10-18-25)26-19-11-4-12-20-26;;;;/h23-26H,1-22H2;3*1H3;/q;3*-1;+3/p+1. The molecular formula is C29H58NiP2+. The molecule has 0 N–H and O–H groups in total. The van der Waals surface area contributed by atoms with Gasteiger partial charge in [0.1, 0.15) is 0 Å². The maximum atomic E-state index is 1.75. The van der Waals surface area contributed by atoms with E-state index in [1.807, 2.05) is 0 Å². The summed E-state index contributed by atoms with van der Waals surface area (Å²) in [5, 5.41) is 0. The molecular weight excluding hydrogens is 469 g/mol. The molecule has 0 amide bonds. The number of hydrogen-bond donors (Lipinski definition) is 0. The van der Waals surface area contributed by atoms with Crippen LogP contribution in [0.15, 0.2) is 0 Å². The van der Waals surface area contributed by atoms with Gasteiger partial charge in [-0.05, 0) is 88.4 Å². The Morgan fingerprint density at radius 3 is 1.12 bits per heavy atom. The van der Waals surface area contributed by atoms with E-state index in [4.69, 9.17) is 0 Å². The van der Waals surface area contributed by atoms with E-state index in [1.54, 1.807) is 141 Å². The predicted molar refractivity (Wildman–Crippen MR) is 152 cm³/mol. The molecule has 4 aliphatic rings. The third-order valence-corrected chi connectivity index (χ3v) is 17.2. The summed E-state index contributed by atoms with van der Waals surface area (Å²) in [6.07, 6.45) is 35.3. The summed E-state index contributed by atoms with van der Waals surface area (Å²) in [5.41, 5.74) is 4.81. The van der Waals surface area contributed by atoms with E-state index in [2.05, 4.69) is 0 Å². The van der Waals surface area contributed by atoms with Crippen molar-refractivity contribution in [3.8, 4) is 0 Å².